The lowest BCUT2D eigenvalue weighted by molar-refractivity contribution is -0.121. The van der Waals surface area contributed by atoms with E-state index in [9.17, 15) is 9.18 Å². The molecular formula is C18H18FN3O3. The summed E-state index contributed by atoms with van der Waals surface area (Å²) in [5.74, 6) is 0.646. The number of benzene rings is 1. The normalized spacial score (nSPS) is 12.3. The quantitative estimate of drug-likeness (QED) is 0.740. The minimum Gasteiger partial charge on any atom is -0.461 e. The molecule has 130 valence electrons. The summed E-state index contributed by atoms with van der Waals surface area (Å²) in [6.07, 6.45) is 1.67. The fourth-order valence-electron chi connectivity index (χ4n) is 2.39. The Morgan fingerprint density at radius 1 is 1.24 bits per heavy atom. The molecule has 1 N–H and O–H groups in total. The summed E-state index contributed by atoms with van der Waals surface area (Å²) in [7, 11) is 0. The van der Waals surface area contributed by atoms with Crippen LogP contribution in [-0.4, -0.2) is 16.0 Å². The summed E-state index contributed by atoms with van der Waals surface area (Å²) in [6, 6.07) is 8.86. The lowest BCUT2D eigenvalue weighted by atomic mass is 10.0. The third-order valence-corrected chi connectivity index (χ3v) is 3.71. The van der Waals surface area contributed by atoms with Crippen LogP contribution in [0.3, 0.4) is 0 Å². The van der Waals surface area contributed by atoms with Gasteiger partial charge in [-0.3, -0.25) is 4.79 Å². The highest BCUT2D eigenvalue weighted by Crippen LogP contribution is 2.23. The van der Waals surface area contributed by atoms with Crippen LogP contribution in [0.25, 0.3) is 11.6 Å². The van der Waals surface area contributed by atoms with Crippen LogP contribution in [0.1, 0.15) is 31.3 Å². The first kappa shape index (κ1) is 16.9. The summed E-state index contributed by atoms with van der Waals surface area (Å²) in [5, 5.41) is 6.79. The summed E-state index contributed by atoms with van der Waals surface area (Å²) in [6.45, 7) is 3.89. The highest BCUT2D eigenvalue weighted by atomic mass is 19.1. The second-order valence-corrected chi connectivity index (χ2v) is 6.03. The molecule has 6 nitrogen and oxygen atoms in total. The van der Waals surface area contributed by atoms with Gasteiger partial charge in [-0.1, -0.05) is 31.1 Å². The number of hydrogen-bond acceptors (Lipinski definition) is 5. The van der Waals surface area contributed by atoms with Gasteiger partial charge in [0.15, 0.2) is 5.76 Å². The minimum absolute atomic E-state index is 0.0436. The van der Waals surface area contributed by atoms with Gasteiger partial charge in [0.25, 0.3) is 0 Å². The molecule has 0 aliphatic rings. The molecule has 0 radical (unpaired) electrons. The number of rotatable bonds is 6. The molecule has 1 amide bonds. The van der Waals surface area contributed by atoms with Gasteiger partial charge >= 0.3 is 0 Å². The molecule has 0 spiro atoms. The monoisotopic (exact) mass is 343 g/mol. The van der Waals surface area contributed by atoms with Gasteiger partial charge in [-0.25, -0.2) is 4.39 Å². The van der Waals surface area contributed by atoms with Crippen molar-refractivity contribution in [2.24, 2.45) is 5.92 Å². The van der Waals surface area contributed by atoms with Crippen molar-refractivity contribution in [3.63, 3.8) is 0 Å². The molecule has 1 atom stereocenters. The van der Waals surface area contributed by atoms with Gasteiger partial charge in [0.2, 0.25) is 17.6 Å². The fraction of sp³-hybridized carbons (Fsp3) is 0.278. The minimum atomic E-state index is -0.427. The van der Waals surface area contributed by atoms with E-state index in [0.29, 0.717) is 17.5 Å². The predicted octanol–water partition coefficient (Wildman–Crippen LogP) is 3.52. The maximum absolute atomic E-state index is 12.9. The van der Waals surface area contributed by atoms with E-state index in [2.05, 4.69) is 15.5 Å². The Hall–Kier alpha value is -2.96. The molecule has 2 aromatic heterocycles. The summed E-state index contributed by atoms with van der Waals surface area (Å²) < 4.78 is 23.5. The second-order valence-electron chi connectivity index (χ2n) is 6.03. The number of carbonyl (C=O) groups excluding carboxylic acids is 1. The molecule has 2 heterocycles. The number of aromatic nitrogens is 2. The predicted molar refractivity (Wildman–Crippen MR) is 87.8 cm³/mol. The van der Waals surface area contributed by atoms with Crippen molar-refractivity contribution < 1.29 is 18.1 Å². The zero-order valence-corrected chi connectivity index (χ0v) is 13.9. The van der Waals surface area contributed by atoms with Crippen LogP contribution in [0.15, 0.2) is 51.6 Å². The van der Waals surface area contributed by atoms with E-state index in [1.54, 1.807) is 24.3 Å². The highest BCUT2D eigenvalue weighted by molar-refractivity contribution is 5.78. The maximum Gasteiger partial charge on any atom is 0.249 e. The van der Waals surface area contributed by atoms with E-state index in [-0.39, 0.29) is 24.1 Å². The van der Waals surface area contributed by atoms with Crippen LogP contribution >= 0.6 is 0 Å². The molecule has 25 heavy (non-hydrogen) atoms. The molecule has 0 fully saturated rings. The van der Waals surface area contributed by atoms with Crippen LogP contribution in [0.2, 0.25) is 0 Å². The van der Waals surface area contributed by atoms with Gasteiger partial charge in [-0.05, 0) is 35.7 Å². The van der Waals surface area contributed by atoms with Crippen LogP contribution in [0.5, 0.6) is 0 Å². The molecular weight excluding hydrogens is 325 g/mol. The van der Waals surface area contributed by atoms with Gasteiger partial charge < -0.3 is 14.3 Å². The third-order valence-electron chi connectivity index (χ3n) is 3.71. The first-order chi connectivity index (χ1) is 12.0. The summed E-state index contributed by atoms with van der Waals surface area (Å²) in [4.78, 5) is 16.6. The van der Waals surface area contributed by atoms with E-state index >= 15 is 0 Å². The molecule has 7 heteroatoms. The van der Waals surface area contributed by atoms with Crippen molar-refractivity contribution in [3.05, 3.63) is 59.9 Å². The molecule has 0 saturated carbocycles. The first-order valence-electron chi connectivity index (χ1n) is 7.94. The second kappa shape index (κ2) is 7.29. The Morgan fingerprint density at radius 2 is 2.00 bits per heavy atom. The van der Waals surface area contributed by atoms with E-state index in [1.807, 2.05) is 13.8 Å². The average Bonchev–Trinajstić information content (AvgIpc) is 3.25. The van der Waals surface area contributed by atoms with Gasteiger partial charge in [-0.2, -0.15) is 4.98 Å². The van der Waals surface area contributed by atoms with Crippen molar-refractivity contribution in [3.8, 4) is 11.6 Å². The molecule has 0 unspecified atom stereocenters. The lowest BCUT2D eigenvalue weighted by Gasteiger charge is -2.18. The molecule has 0 aliphatic heterocycles. The zero-order valence-electron chi connectivity index (χ0n) is 13.9. The van der Waals surface area contributed by atoms with Crippen molar-refractivity contribution in [1.82, 2.24) is 15.5 Å². The Kier molecular flexibility index (Phi) is 4.92. The Morgan fingerprint density at radius 3 is 2.64 bits per heavy atom. The van der Waals surface area contributed by atoms with Crippen molar-refractivity contribution >= 4 is 5.91 Å². The average molecular weight is 343 g/mol. The molecule has 3 aromatic rings. The van der Waals surface area contributed by atoms with E-state index in [1.165, 1.54) is 18.4 Å². The number of amides is 1. The molecule has 0 bridgehead atoms. The van der Waals surface area contributed by atoms with Crippen LogP contribution in [-0.2, 0) is 11.2 Å². The van der Waals surface area contributed by atoms with Gasteiger partial charge in [0.1, 0.15) is 11.9 Å². The van der Waals surface area contributed by atoms with Crippen molar-refractivity contribution in [2.75, 3.05) is 0 Å². The molecule has 3 rings (SSSR count). The number of carbonyl (C=O) groups is 1. The van der Waals surface area contributed by atoms with Gasteiger partial charge in [0, 0.05) is 0 Å². The number of nitrogens with zero attached hydrogens (tertiary/aromatic N) is 2. The molecule has 0 aliphatic carbocycles. The number of hydrogen-bond donors (Lipinski definition) is 1. The van der Waals surface area contributed by atoms with Crippen molar-refractivity contribution in [2.45, 2.75) is 26.3 Å². The van der Waals surface area contributed by atoms with E-state index < -0.39 is 6.04 Å². The largest absolute Gasteiger partial charge is 0.461 e. The zero-order chi connectivity index (χ0) is 17.8. The van der Waals surface area contributed by atoms with E-state index in [0.717, 1.165) is 5.56 Å². The SMILES string of the molecule is CC(C)[C@@H](NC(=O)Cc1ccc(F)cc1)c1nc(-c2ccco2)no1. The Labute approximate surface area is 144 Å². The topological polar surface area (TPSA) is 81.2 Å². The lowest BCUT2D eigenvalue weighted by Crippen LogP contribution is -2.33. The number of halogens is 1. The number of nitrogens with one attached hydrogen (secondary N) is 1. The van der Waals surface area contributed by atoms with E-state index in [4.69, 9.17) is 8.94 Å². The smallest absolute Gasteiger partial charge is 0.249 e. The standard InChI is InChI=1S/C18H18FN3O3/c1-11(2)16(18-21-17(22-25-18)14-4-3-9-24-14)20-15(23)10-12-5-7-13(19)8-6-12/h3-9,11,16H,10H2,1-2H3,(H,20,23)/t16-/m1/s1. The Bertz CT molecular complexity index is 826. The maximum atomic E-state index is 12.9. The first-order valence-corrected chi connectivity index (χ1v) is 7.94. The fourth-order valence-corrected chi connectivity index (χ4v) is 2.39. The molecule has 1 aromatic carbocycles. The Balaban J connectivity index is 1.71. The van der Waals surface area contributed by atoms with Crippen LogP contribution in [0, 0.1) is 11.7 Å². The molecule has 0 saturated heterocycles. The van der Waals surface area contributed by atoms with Gasteiger partial charge in [0.05, 0.1) is 12.7 Å². The number of furan rings is 1. The summed E-state index contributed by atoms with van der Waals surface area (Å²) in [5.41, 5.74) is 0.725. The van der Waals surface area contributed by atoms with Crippen molar-refractivity contribution in [1.29, 1.82) is 0 Å². The highest BCUT2D eigenvalue weighted by Gasteiger charge is 2.25. The third kappa shape index (κ3) is 4.12. The van der Waals surface area contributed by atoms with Crippen LogP contribution < -0.4 is 5.32 Å². The van der Waals surface area contributed by atoms with Crippen LogP contribution in [0.4, 0.5) is 4.39 Å². The van der Waals surface area contributed by atoms with Gasteiger partial charge in [-0.15, -0.1) is 0 Å². The summed E-state index contributed by atoms with van der Waals surface area (Å²) >= 11 is 0.